The minimum Gasteiger partial charge on any atom is -0.480 e. The van der Waals surface area contributed by atoms with E-state index in [4.69, 9.17) is 16.6 Å². The lowest BCUT2D eigenvalue weighted by atomic mass is 9.93. The Balaban J connectivity index is 3.99. The van der Waals surface area contributed by atoms with Gasteiger partial charge in [-0.05, 0) is 26.2 Å². The number of carboxylic acids is 1. The van der Waals surface area contributed by atoms with Crippen LogP contribution in [0, 0.1) is 0 Å². The van der Waals surface area contributed by atoms with Gasteiger partial charge >= 0.3 is 5.97 Å². The molecule has 0 unspecified atom stereocenters. The maximum atomic E-state index is 10.9. The van der Waals surface area contributed by atoms with Crippen molar-refractivity contribution in [1.82, 2.24) is 0 Å². The van der Waals surface area contributed by atoms with Crippen LogP contribution in [0.5, 0.6) is 0 Å². The molecule has 0 aromatic rings. The number of amidine groups is 1. The second-order valence-corrected chi connectivity index (χ2v) is 3.80. The quantitative estimate of drug-likeness (QED) is 0.260. The first-order valence-corrected chi connectivity index (χ1v) is 5.36. The fourth-order valence-corrected chi connectivity index (χ4v) is 1.11. The Morgan fingerprint density at radius 3 is 2.56 bits per heavy atom. The minimum absolute atomic E-state index is 0.337. The van der Waals surface area contributed by atoms with Crippen LogP contribution >= 0.6 is 0 Å². The summed E-state index contributed by atoms with van der Waals surface area (Å²) in [4.78, 5) is 14.9. The maximum absolute atomic E-state index is 10.9. The van der Waals surface area contributed by atoms with E-state index in [0.29, 0.717) is 25.2 Å². The SMILES string of the molecule is CC[C@](N)(C/C=C\CCN=C(C)N)C(=O)O. The van der Waals surface area contributed by atoms with Crippen LogP contribution in [0.25, 0.3) is 0 Å². The first-order chi connectivity index (χ1) is 7.42. The predicted octanol–water partition coefficient (Wildman–Crippen LogP) is 0.892. The topological polar surface area (TPSA) is 102 Å². The highest BCUT2D eigenvalue weighted by atomic mass is 16.4. The summed E-state index contributed by atoms with van der Waals surface area (Å²) >= 11 is 0. The Morgan fingerprint density at radius 2 is 2.12 bits per heavy atom. The van der Waals surface area contributed by atoms with Crippen molar-refractivity contribution in [3.8, 4) is 0 Å². The minimum atomic E-state index is -1.15. The van der Waals surface area contributed by atoms with Gasteiger partial charge in [0.1, 0.15) is 5.54 Å². The zero-order chi connectivity index (χ0) is 12.6. The molecule has 0 aromatic carbocycles. The van der Waals surface area contributed by atoms with Gasteiger partial charge in [-0.2, -0.15) is 0 Å². The molecule has 0 radical (unpaired) electrons. The fourth-order valence-electron chi connectivity index (χ4n) is 1.11. The molecule has 5 N–H and O–H groups in total. The molecule has 0 aliphatic rings. The number of carboxylic acid groups (broad SMARTS) is 1. The average Bonchev–Trinajstić information content (AvgIpc) is 2.22. The normalized spacial score (nSPS) is 16.3. The van der Waals surface area contributed by atoms with Crippen LogP contribution in [0.3, 0.4) is 0 Å². The number of carbonyl (C=O) groups is 1. The van der Waals surface area contributed by atoms with E-state index in [-0.39, 0.29) is 0 Å². The van der Waals surface area contributed by atoms with Gasteiger partial charge in [0.25, 0.3) is 0 Å². The van der Waals surface area contributed by atoms with E-state index >= 15 is 0 Å². The van der Waals surface area contributed by atoms with Crippen molar-refractivity contribution in [3.05, 3.63) is 12.2 Å². The Labute approximate surface area is 96.2 Å². The zero-order valence-corrected chi connectivity index (χ0v) is 9.94. The van der Waals surface area contributed by atoms with Gasteiger partial charge in [-0.1, -0.05) is 19.1 Å². The van der Waals surface area contributed by atoms with Gasteiger partial charge in [-0.25, -0.2) is 0 Å². The number of aliphatic carboxylic acids is 1. The molecule has 0 fully saturated rings. The summed E-state index contributed by atoms with van der Waals surface area (Å²) in [5, 5.41) is 8.91. The summed E-state index contributed by atoms with van der Waals surface area (Å²) in [6, 6.07) is 0. The molecule has 0 saturated carbocycles. The molecular weight excluding hydrogens is 206 g/mol. The maximum Gasteiger partial charge on any atom is 0.323 e. The Kier molecular flexibility index (Phi) is 6.41. The predicted molar refractivity (Wildman–Crippen MR) is 65.4 cm³/mol. The van der Waals surface area contributed by atoms with Crippen molar-refractivity contribution in [2.75, 3.05) is 6.54 Å². The number of hydrogen-bond acceptors (Lipinski definition) is 3. The summed E-state index contributed by atoms with van der Waals surface area (Å²) < 4.78 is 0. The second-order valence-electron chi connectivity index (χ2n) is 3.80. The highest BCUT2D eigenvalue weighted by molar-refractivity contribution is 5.78. The van der Waals surface area contributed by atoms with E-state index in [1.165, 1.54) is 0 Å². The van der Waals surface area contributed by atoms with Crippen LogP contribution in [0.1, 0.15) is 33.1 Å². The Hall–Kier alpha value is -1.36. The monoisotopic (exact) mass is 227 g/mol. The molecule has 0 aliphatic carbocycles. The van der Waals surface area contributed by atoms with Crippen molar-refractivity contribution in [3.63, 3.8) is 0 Å². The lowest BCUT2D eigenvalue weighted by Crippen LogP contribution is -2.46. The van der Waals surface area contributed by atoms with Gasteiger partial charge < -0.3 is 16.6 Å². The van der Waals surface area contributed by atoms with E-state index < -0.39 is 11.5 Å². The number of hydrogen-bond donors (Lipinski definition) is 3. The zero-order valence-electron chi connectivity index (χ0n) is 9.94. The van der Waals surface area contributed by atoms with E-state index in [0.717, 1.165) is 6.42 Å². The molecule has 0 aliphatic heterocycles. The summed E-state index contributed by atoms with van der Waals surface area (Å²) in [7, 11) is 0. The third-order valence-corrected chi connectivity index (χ3v) is 2.36. The van der Waals surface area contributed by atoms with E-state index in [1.54, 1.807) is 19.9 Å². The van der Waals surface area contributed by atoms with Crippen LogP contribution in [0.4, 0.5) is 0 Å². The van der Waals surface area contributed by atoms with Gasteiger partial charge in [0, 0.05) is 6.54 Å². The smallest absolute Gasteiger partial charge is 0.323 e. The van der Waals surface area contributed by atoms with Crippen LogP contribution < -0.4 is 11.5 Å². The van der Waals surface area contributed by atoms with Crippen LogP contribution in [-0.4, -0.2) is 29.0 Å². The Morgan fingerprint density at radius 1 is 1.50 bits per heavy atom. The molecule has 0 rings (SSSR count). The third-order valence-electron chi connectivity index (χ3n) is 2.36. The largest absolute Gasteiger partial charge is 0.480 e. The summed E-state index contributed by atoms with van der Waals surface area (Å²) in [6.07, 6.45) is 5.16. The molecule has 0 heterocycles. The molecule has 0 saturated heterocycles. The lowest BCUT2D eigenvalue weighted by molar-refractivity contribution is -0.143. The highest BCUT2D eigenvalue weighted by Gasteiger charge is 2.29. The van der Waals surface area contributed by atoms with Crippen LogP contribution in [0.2, 0.25) is 0 Å². The third kappa shape index (κ3) is 5.50. The van der Waals surface area contributed by atoms with Crippen molar-refractivity contribution in [2.45, 2.75) is 38.6 Å². The second kappa shape index (κ2) is 7.00. The van der Waals surface area contributed by atoms with Crippen LogP contribution in [0.15, 0.2) is 17.1 Å². The molecule has 5 heteroatoms. The molecule has 5 nitrogen and oxygen atoms in total. The molecule has 0 aromatic heterocycles. The standard InChI is InChI=1S/C11H21N3O2/c1-3-11(13,10(15)16)7-5-4-6-8-14-9(2)12/h4-5H,3,6-8,13H2,1-2H3,(H2,12,14)(H,15,16)/b5-4-/t11-/m0/s1. The first kappa shape index (κ1) is 14.6. The van der Waals surface area contributed by atoms with Gasteiger partial charge in [0.2, 0.25) is 0 Å². The lowest BCUT2D eigenvalue weighted by Gasteiger charge is -2.20. The number of nitrogens with zero attached hydrogens (tertiary/aromatic N) is 1. The molecule has 1 atom stereocenters. The average molecular weight is 227 g/mol. The van der Waals surface area contributed by atoms with Gasteiger partial charge in [0.05, 0.1) is 5.84 Å². The van der Waals surface area contributed by atoms with Gasteiger partial charge in [-0.3, -0.25) is 9.79 Å². The fraction of sp³-hybridized carbons (Fsp3) is 0.636. The van der Waals surface area contributed by atoms with E-state index in [2.05, 4.69) is 4.99 Å². The first-order valence-electron chi connectivity index (χ1n) is 5.36. The molecular formula is C11H21N3O2. The molecule has 0 bridgehead atoms. The molecule has 16 heavy (non-hydrogen) atoms. The van der Waals surface area contributed by atoms with Crippen molar-refractivity contribution in [2.24, 2.45) is 16.5 Å². The molecule has 0 spiro atoms. The molecule has 92 valence electrons. The number of aliphatic imine (C=N–C) groups is 1. The van der Waals surface area contributed by atoms with Crippen molar-refractivity contribution < 1.29 is 9.90 Å². The molecule has 0 amide bonds. The Bertz CT molecular complexity index is 283. The van der Waals surface area contributed by atoms with Crippen molar-refractivity contribution in [1.29, 1.82) is 0 Å². The van der Waals surface area contributed by atoms with Gasteiger partial charge in [0.15, 0.2) is 0 Å². The van der Waals surface area contributed by atoms with Gasteiger partial charge in [-0.15, -0.1) is 0 Å². The van der Waals surface area contributed by atoms with Crippen LogP contribution in [-0.2, 0) is 4.79 Å². The number of rotatable bonds is 7. The summed E-state index contributed by atoms with van der Waals surface area (Å²) in [6.45, 7) is 4.12. The summed E-state index contributed by atoms with van der Waals surface area (Å²) in [5.41, 5.74) is 9.92. The van der Waals surface area contributed by atoms with E-state index in [1.807, 2.05) is 6.08 Å². The van der Waals surface area contributed by atoms with Crippen molar-refractivity contribution >= 4 is 11.8 Å². The van der Waals surface area contributed by atoms with E-state index in [9.17, 15) is 4.79 Å². The number of nitrogens with two attached hydrogens (primary N) is 2. The highest BCUT2D eigenvalue weighted by Crippen LogP contribution is 2.12. The summed E-state index contributed by atoms with van der Waals surface area (Å²) in [5.74, 6) is -0.406.